The Morgan fingerprint density at radius 2 is 1.86 bits per heavy atom. The fraction of sp³-hybridized carbons (Fsp3) is 0.200. The maximum atomic E-state index is 8.97. The van der Waals surface area contributed by atoms with Crippen molar-refractivity contribution in [1.29, 1.82) is 10.5 Å². The Labute approximate surface area is 121 Å². The number of rotatable bonds is 3. The van der Waals surface area contributed by atoms with E-state index >= 15 is 0 Å². The van der Waals surface area contributed by atoms with Gasteiger partial charge in [0.2, 0.25) is 0 Å². The molecule has 0 radical (unpaired) electrons. The minimum atomic E-state index is -0.237. The molecule has 0 bridgehead atoms. The summed E-state index contributed by atoms with van der Waals surface area (Å²) < 4.78 is 5.31. The minimum Gasteiger partial charge on any atom is -0.491 e. The molecule has 21 heavy (non-hydrogen) atoms. The second-order valence-corrected chi connectivity index (χ2v) is 3.88. The lowest BCUT2D eigenvalue weighted by molar-refractivity contribution is 0.200. The minimum absolute atomic E-state index is 0.0228. The van der Waals surface area contributed by atoms with Crippen LogP contribution in [0.15, 0.2) is 12.1 Å². The average molecular weight is 278 g/mol. The summed E-state index contributed by atoms with van der Waals surface area (Å²) in [6, 6.07) is 6.52. The molecule has 0 amide bonds. The zero-order chi connectivity index (χ0) is 15.8. The van der Waals surface area contributed by atoms with E-state index in [-0.39, 0.29) is 35.6 Å². The van der Waals surface area contributed by atoms with Gasteiger partial charge in [0.15, 0.2) is 0 Å². The average Bonchev–Trinajstić information content (AvgIpc) is 2.50. The Kier molecular flexibility index (Phi) is 5.48. The molecule has 0 aliphatic heterocycles. The third-order valence-corrected chi connectivity index (χ3v) is 2.62. The predicted octanol–water partition coefficient (Wildman–Crippen LogP) is 0.468. The summed E-state index contributed by atoms with van der Waals surface area (Å²) in [5, 5.41) is 27.4. The van der Waals surface area contributed by atoms with Gasteiger partial charge in [0.1, 0.15) is 43.2 Å². The van der Waals surface area contributed by atoms with E-state index in [1.54, 1.807) is 19.1 Å². The maximum Gasteiger partial charge on any atom is 0.527 e. The summed E-state index contributed by atoms with van der Waals surface area (Å²) in [5.74, 6) is 0.0657. The zero-order valence-corrected chi connectivity index (χ0v) is 11.2. The molecule has 0 spiro atoms. The lowest BCUT2D eigenvalue weighted by Crippen LogP contribution is -2.20. The van der Waals surface area contributed by atoms with Crippen molar-refractivity contribution in [2.24, 2.45) is 0 Å². The van der Waals surface area contributed by atoms with E-state index in [2.05, 4.69) is 9.69 Å². The molecule has 6 nitrogen and oxygen atoms in total. The molecule has 1 aromatic rings. The van der Waals surface area contributed by atoms with E-state index in [1.165, 1.54) is 12.1 Å². The van der Waals surface area contributed by atoms with E-state index in [0.29, 0.717) is 10.8 Å². The lowest BCUT2D eigenvalue weighted by Gasteiger charge is -2.06. The van der Waals surface area contributed by atoms with Crippen molar-refractivity contribution in [1.82, 2.24) is 0 Å². The Morgan fingerprint density at radius 1 is 1.24 bits per heavy atom. The SMILES string of the molecule is [C-]#[N+]C([N+]#[C-])=c1cc(OCCO)c(=C(C#N)C#N)cc1C. The van der Waals surface area contributed by atoms with E-state index in [4.69, 9.17) is 33.5 Å². The van der Waals surface area contributed by atoms with E-state index in [1.807, 2.05) is 0 Å². The standard InChI is InChI=1S/C15H10N4O2/c1-10-6-13(11(8-16)9-17)14(21-5-4-20)7-12(10)15(18-2)19-3/h6-7,20H,4-5H2,1H3. The topological polar surface area (TPSA) is 85.8 Å². The molecule has 0 saturated carbocycles. The van der Waals surface area contributed by atoms with Gasteiger partial charge in [0, 0.05) is 5.22 Å². The first-order chi connectivity index (χ1) is 10.1. The largest absolute Gasteiger partial charge is 0.527 e. The third kappa shape index (κ3) is 3.37. The Balaban J connectivity index is 3.88. The molecule has 0 aliphatic carbocycles. The van der Waals surface area contributed by atoms with Crippen LogP contribution in [-0.4, -0.2) is 18.3 Å². The quantitative estimate of drug-likeness (QED) is 0.814. The first-order valence-corrected chi connectivity index (χ1v) is 5.81. The molecule has 0 aromatic heterocycles. The second kappa shape index (κ2) is 7.31. The van der Waals surface area contributed by atoms with Crippen molar-refractivity contribution in [3.05, 3.63) is 51.0 Å². The summed E-state index contributed by atoms with van der Waals surface area (Å²) in [6.07, 6.45) is 0. The highest BCUT2D eigenvalue weighted by Gasteiger charge is 2.11. The number of ether oxygens (including phenoxy) is 1. The summed E-state index contributed by atoms with van der Waals surface area (Å²) >= 11 is 0. The van der Waals surface area contributed by atoms with Crippen LogP contribution in [-0.2, 0) is 0 Å². The van der Waals surface area contributed by atoms with Gasteiger partial charge in [-0.15, -0.1) is 0 Å². The van der Waals surface area contributed by atoms with Gasteiger partial charge >= 0.3 is 5.82 Å². The highest BCUT2D eigenvalue weighted by atomic mass is 16.5. The van der Waals surface area contributed by atoms with Crippen LogP contribution < -0.4 is 15.2 Å². The highest BCUT2D eigenvalue weighted by molar-refractivity contribution is 5.74. The van der Waals surface area contributed by atoms with Gasteiger partial charge < -0.3 is 9.84 Å². The van der Waals surface area contributed by atoms with Crippen LogP contribution in [0.1, 0.15) is 5.56 Å². The number of hydrogen-bond acceptors (Lipinski definition) is 4. The number of aliphatic hydroxyl groups is 1. The molecule has 0 saturated heterocycles. The van der Waals surface area contributed by atoms with Crippen molar-refractivity contribution >= 4 is 11.4 Å². The Bertz CT molecular complexity index is 810. The Morgan fingerprint density at radius 3 is 2.33 bits per heavy atom. The van der Waals surface area contributed by atoms with Crippen molar-refractivity contribution < 1.29 is 9.84 Å². The fourth-order valence-corrected chi connectivity index (χ4v) is 1.69. The number of hydrogen-bond donors (Lipinski definition) is 1. The maximum absolute atomic E-state index is 8.97. The summed E-state index contributed by atoms with van der Waals surface area (Å²) in [4.78, 5) is 6.29. The van der Waals surface area contributed by atoms with Gasteiger partial charge in [-0.25, -0.2) is 0 Å². The van der Waals surface area contributed by atoms with Gasteiger partial charge in [-0.1, -0.05) is 0 Å². The molecule has 0 heterocycles. The Hall–Kier alpha value is -3.32. The first-order valence-electron chi connectivity index (χ1n) is 5.81. The second-order valence-electron chi connectivity index (χ2n) is 3.88. The van der Waals surface area contributed by atoms with Gasteiger partial charge in [0.05, 0.1) is 11.8 Å². The number of nitrogens with zero attached hydrogens (tertiary/aromatic N) is 4. The van der Waals surface area contributed by atoms with Crippen LogP contribution >= 0.6 is 0 Å². The van der Waals surface area contributed by atoms with Crippen molar-refractivity contribution in [3.63, 3.8) is 0 Å². The van der Waals surface area contributed by atoms with E-state index in [0.717, 1.165) is 0 Å². The van der Waals surface area contributed by atoms with E-state index in [9.17, 15) is 0 Å². The molecule has 1 aromatic carbocycles. The summed E-state index contributed by atoms with van der Waals surface area (Å²) in [5.41, 5.74) is 0.455. The number of aryl methyl sites for hydroxylation is 1. The third-order valence-electron chi connectivity index (χ3n) is 2.62. The molecular weight excluding hydrogens is 268 g/mol. The van der Waals surface area contributed by atoms with Crippen molar-refractivity contribution in [3.8, 4) is 17.9 Å². The fourth-order valence-electron chi connectivity index (χ4n) is 1.69. The molecule has 0 unspecified atom stereocenters. The molecule has 1 rings (SSSR count). The zero-order valence-electron chi connectivity index (χ0n) is 11.2. The molecule has 0 aliphatic rings. The predicted molar refractivity (Wildman–Crippen MR) is 74.3 cm³/mol. The smallest absolute Gasteiger partial charge is 0.491 e. The molecular formula is C15H10N4O2. The lowest BCUT2D eigenvalue weighted by atomic mass is 10.1. The van der Waals surface area contributed by atoms with Crippen LogP contribution in [0.4, 0.5) is 0 Å². The molecule has 102 valence electrons. The van der Waals surface area contributed by atoms with Crippen LogP contribution in [0, 0.1) is 42.7 Å². The van der Waals surface area contributed by atoms with Gasteiger partial charge in [-0.3, -0.25) is 0 Å². The van der Waals surface area contributed by atoms with Gasteiger partial charge in [-0.2, -0.15) is 20.2 Å². The van der Waals surface area contributed by atoms with Crippen LogP contribution in [0.25, 0.3) is 21.1 Å². The summed E-state index contributed by atoms with van der Waals surface area (Å²) in [6.45, 7) is 15.4. The molecule has 1 N–H and O–H groups in total. The van der Waals surface area contributed by atoms with E-state index < -0.39 is 0 Å². The normalized spacial score (nSPS) is 8.67. The van der Waals surface area contributed by atoms with Crippen LogP contribution in [0.2, 0.25) is 0 Å². The van der Waals surface area contributed by atoms with Gasteiger partial charge in [0.25, 0.3) is 0 Å². The van der Waals surface area contributed by atoms with Crippen LogP contribution in [0.3, 0.4) is 0 Å². The highest BCUT2D eigenvalue weighted by Crippen LogP contribution is 2.07. The molecule has 6 heteroatoms. The number of aliphatic hydroxyl groups excluding tert-OH is 1. The van der Waals surface area contributed by atoms with Crippen molar-refractivity contribution in [2.75, 3.05) is 13.2 Å². The number of benzene rings is 1. The van der Waals surface area contributed by atoms with Gasteiger partial charge in [-0.05, 0) is 24.6 Å². The van der Waals surface area contributed by atoms with Crippen molar-refractivity contribution in [2.45, 2.75) is 6.92 Å². The van der Waals surface area contributed by atoms with Crippen LogP contribution in [0.5, 0.6) is 5.75 Å². The first kappa shape index (κ1) is 15.7. The molecule has 0 atom stereocenters. The number of nitriles is 2. The monoisotopic (exact) mass is 278 g/mol. The molecule has 0 fully saturated rings. The summed E-state index contributed by atoms with van der Waals surface area (Å²) in [7, 11) is 0.